The Labute approximate surface area is 140 Å². The van der Waals surface area contributed by atoms with Gasteiger partial charge in [-0.2, -0.15) is 0 Å². The van der Waals surface area contributed by atoms with Crippen molar-refractivity contribution in [3.05, 3.63) is 0 Å². The molecule has 0 aromatic rings. The second kappa shape index (κ2) is 12.8. The van der Waals surface area contributed by atoms with Gasteiger partial charge in [-0.15, -0.1) is 0 Å². The van der Waals surface area contributed by atoms with Crippen LogP contribution >= 0.6 is 0 Å². The van der Waals surface area contributed by atoms with Gasteiger partial charge in [0.25, 0.3) is 0 Å². The molecular weight excluding hydrogens is 294 g/mol. The molecule has 0 aliphatic heterocycles. The normalized spacial score (nSPS) is 11.9. The second-order valence-electron chi connectivity index (χ2n) is 6.49. The lowest BCUT2D eigenvalue weighted by Gasteiger charge is -2.15. The first kappa shape index (κ1) is 21.3. The molecule has 23 heavy (non-hydrogen) atoms. The monoisotopic (exact) mass is 325 g/mol. The molecule has 1 unspecified atom stereocenters. The summed E-state index contributed by atoms with van der Waals surface area (Å²) in [4.78, 5) is 23.5. The van der Waals surface area contributed by atoms with Crippen LogP contribution in [0.2, 0.25) is 0 Å². The Kier molecular flexibility index (Phi) is 11.9. The molecule has 0 rings (SSSR count). The minimum atomic E-state index is -0.573. The number of rotatable bonds is 12. The number of esters is 2. The summed E-state index contributed by atoms with van der Waals surface area (Å²) >= 11 is 0. The van der Waals surface area contributed by atoms with E-state index in [1.807, 2.05) is 0 Å². The Hall–Kier alpha value is -1.70. The molecule has 0 aliphatic carbocycles. The highest BCUT2D eigenvalue weighted by atomic mass is 16.5. The highest BCUT2D eigenvalue weighted by Crippen LogP contribution is 2.07. The van der Waals surface area contributed by atoms with Crippen LogP contribution in [0.5, 0.6) is 0 Å². The number of terminal acetylenes is 1. The third-order valence-corrected chi connectivity index (χ3v) is 3.31. The number of hydrogen-bond acceptors (Lipinski definition) is 5. The van der Waals surface area contributed by atoms with Gasteiger partial charge in [-0.3, -0.25) is 4.79 Å². The van der Waals surface area contributed by atoms with Crippen LogP contribution in [0.15, 0.2) is 0 Å². The van der Waals surface area contributed by atoms with Gasteiger partial charge in [0.15, 0.2) is 0 Å². The predicted octanol–water partition coefficient (Wildman–Crippen LogP) is 2.88. The summed E-state index contributed by atoms with van der Waals surface area (Å²) in [5, 5.41) is 2.65. The molecule has 0 bridgehead atoms. The number of carbonyl (C=O) groups excluding carboxylic acids is 2. The van der Waals surface area contributed by atoms with Crippen LogP contribution in [0.25, 0.3) is 0 Å². The maximum Gasteiger partial charge on any atom is 0.329 e. The van der Waals surface area contributed by atoms with E-state index in [9.17, 15) is 9.59 Å². The first-order valence-electron chi connectivity index (χ1n) is 8.40. The lowest BCUT2D eigenvalue weighted by Crippen LogP contribution is -2.35. The molecule has 0 aliphatic rings. The molecule has 0 aromatic carbocycles. The maximum absolute atomic E-state index is 11.9. The van der Waals surface area contributed by atoms with E-state index in [1.165, 1.54) is 0 Å². The molecule has 0 amide bonds. The van der Waals surface area contributed by atoms with E-state index >= 15 is 0 Å². The highest BCUT2D eigenvalue weighted by Gasteiger charge is 2.19. The molecule has 0 saturated heterocycles. The molecule has 0 heterocycles. The van der Waals surface area contributed by atoms with Crippen molar-refractivity contribution in [1.82, 2.24) is 5.32 Å². The van der Waals surface area contributed by atoms with E-state index in [-0.39, 0.29) is 18.4 Å². The summed E-state index contributed by atoms with van der Waals surface area (Å²) in [5.41, 5.74) is 0. The molecule has 5 heteroatoms. The molecule has 0 spiro atoms. The SMILES string of the molecule is C#CNC(CCCC(=O)OCCC(C)C)C(=O)OCCC(C)C. The molecular formula is C18H31NO4. The smallest absolute Gasteiger partial charge is 0.329 e. The van der Waals surface area contributed by atoms with Crippen molar-refractivity contribution in [2.75, 3.05) is 13.2 Å². The summed E-state index contributed by atoms with van der Waals surface area (Å²) in [6, 6.07) is 1.69. The third kappa shape index (κ3) is 12.5. The van der Waals surface area contributed by atoms with E-state index in [4.69, 9.17) is 15.9 Å². The molecule has 5 nitrogen and oxygen atoms in total. The van der Waals surface area contributed by atoms with Crippen molar-refractivity contribution >= 4 is 11.9 Å². The summed E-state index contributed by atoms with van der Waals surface area (Å²) in [6.07, 6.45) is 8.13. The third-order valence-electron chi connectivity index (χ3n) is 3.31. The van der Waals surface area contributed by atoms with E-state index in [0.29, 0.717) is 37.9 Å². The van der Waals surface area contributed by atoms with Gasteiger partial charge in [-0.1, -0.05) is 34.1 Å². The number of hydrogen-bond donors (Lipinski definition) is 1. The zero-order valence-electron chi connectivity index (χ0n) is 14.9. The van der Waals surface area contributed by atoms with Crippen molar-refractivity contribution in [3.63, 3.8) is 0 Å². The topological polar surface area (TPSA) is 64.6 Å². The van der Waals surface area contributed by atoms with Gasteiger partial charge < -0.3 is 14.8 Å². The van der Waals surface area contributed by atoms with Crippen molar-refractivity contribution in [3.8, 4) is 12.5 Å². The quantitative estimate of drug-likeness (QED) is 0.339. The fourth-order valence-corrected chi connectivity index (χ4v) is 1.78. The largest absolute Gasteiger partial charge is 0.466 e. The molecule has 0 radical (unpaired) electrons. The van der Waals surface area contributed by atoms with Crippen LogP contribution in [-0.2, 0) is 19.1 Å². The molecule has 0 aromatic heterocycles. The van der Waals surface area contributed by atoms with Crippen LogP contribution in [0, 0.1) is 24.3 Å². The number of ether oxygens (including phenoxy) is 2. The fraction of sp³-hybridized carbons (Fsp3) is 0.778. The van der Waals surface area contributed by atoms with Crippen molar-refractivity contribution in [1.29, 1.82) is 0 Å². The van der Waals surface area contributed by atoms with Crippen LogP contribution in [-0.4, -0.2) is 31.2 Å². The van der Waals surface area contributed by atoms with Gasteiger partial charge in [0, 0.05) is 12.5 Å². The Morgan fingerprint density at radius 1 is 1.00 bits per heavy atom. The predicted molar refractivity (Wildman–Crippen MR) is 90.4 cm³/mol. The molecule has 1 N–H and O–H groups in total. The van der Waals surface area contributed by atoms with Crippen LogP contribution in [0.1, 0.15) is 59.8 Å². The van der Waals surface area contributed by atoms with Crippen LogP contribution in [0.3, 0.4) is 0 Å². The fourth-order valence-electron chi connectivity index (χ4n) is 1.78. The highest BCUT2D eigenvalue weighted by molar-refractivity contribution is 5.76. The molecule has 1 atom stereocenters. The minimum Gasteiger partial charge on any atom is -0.466 e. The first-order valence-corrected chi connectivity index (χ1v) is 8.40. The molecule has 132 valence electrons. The zero-order chi connectivity index (χ0) is 17.7. The summed E-state index contributed by atoms with van der Waals surface area (Å²) in [5.74, 6) is 0.380. The minimum absolute atomic E-state index is 0.238. The van der Waals surface area contributed by atoms with E-state index in [1.54, 1.807) is 0 Å². The van der Waals surface area contributed by atoms with Gasteiger partial charge in [0.1, 0.15) is 6.04 Å². The lowest BCUT2D eigenvalue weighted by molar-refractivity contribution is -0.147. The Balaban J connectivity index is 4.01. The lowest BCUT2D eigenvalue weighted by atomic mass is 10.1. The van der Waals surface area contributed by atoms with Crippen molar-refractivity contribution < 1.29 is 19.1 Å². The van der Waals surface area contributed by atoms with Gasteiger partial charge in [-0.05, 0) is 37.5 Å². The first-order chi connectivity index (χ1) is 10.9. The van der Waals surface area contributed by atoms with E-state index in [2.05, 4.69) is 39.1 Å². The van der Waals surface area contributed by atoms with E-state index in [0.717, 1.165) is 12.8 Å². The summed E-state index contributed by atoms with van der Waals surface area (Å²) in [6.45, 7) is 9.12. The van der Waals surface area contributed by atoms with Crippen molar-refractivity contribution in [2.24, 2.45) is 11.8 Å². The second-order valence-corrected chi connectivity index (χ2v) is 6.49. The van der Waals surface area contributed by atoms with Crippen LogP contribution in [0.4, 0.5) is 0 Å². The Morgan fingerprint density at radius 2 is 1.57 bits per heavy atom. The van der Waals surface area contributed by atoms with Gasteiger partial charge in [0.05, 0.1) is 13.2 Å². The van der Waals surface area contributed by atoms with Gasteiger partial charge in [0.2, 0.25) is 0 Å². The molecule has 0 saturated carbocycles. The summed E-state index contributed by atoms with van der Waals surface area (Å²) in [7, 11) is 0. The standard InChI is InChI=1S/C18H31NO4/c1-6-19-16(18(21)23-13-11-15(4)5)8-7-9-17(20)22-12-10-14(2)3/h1,14-16,19H,7-13H2,2-5H3. The average Bonchev–Trinajstić information content (AvgIpc) is 2.45. The summed E-state index contributed by atoms with van der Waals surface area (Å²) < 4.78 is 10.3. The van der Waals surface area contributed by atoms with Crippen LogP contribution < -0.4 is 5.32 Å². The Bertz CT molecular complexity index is 385. The van der Waals surface area contributed by atoms with E-state index < -0.39 is 6.04 Å². The zero-order valence-corrected chi connectivity index (χ0v) is 14.9. The number of nitrogens with one attached hydrogen (secondary N) is 1. The molecule has 0 fully saturated rings. The van der Waals surface area contributed by atoms with Gasteiger partial charge in [-0.25, -0.2) is 4.79 Å². The number of carbonyl (C=O) groups is 2. The maximum atomic E-state index is 11.9. The Morgan fingerprint density at radius 3 is 2.09 bits per heavy atom. The average molecular weight is 325 g/mol. The van der Waals surface area contributed by atoms with Crippen molar-refractivity contribution in [2.45, 2.75) is 65.8 Å². The van der Waals surface area contributed by atoms with Gasteiger partial charge >= 0.3 is 11.9 Å².